The van der Waals surface area contributed by atoms with Crippen molar-refractivity contribution in [3.05, 3.63) is 58.1 Å². The Hall–Kier alpha value is -2.42. The Labute approximate surface area is 194 Å². The molecule has 7 nitrogen and oxygen atoms in total. The minimum atomic E-state index is -0.893. The highest BCUT2D eigenvalue weighted by Crippen LogP contribution is 2.43. The first-order valence-electron chi connectivity index (χ1n) is 10.2. The third-order valence-electron chi connectivity index (χ3n) is 5.94. The van der Waals surface area contributed by atoms with Gasteiger partial charge in [0.1, 0.15) is 17.2 Å². The van der Waals surface area contributed by atoms with Gasteiger partial charge in [0.2, 0.25) is 0 Å². The number of halogens is 3. The number of rotatable bonds is 7. The molecule has 2 amide bonds. The van der Waals surface area contributed by atoms with E-state index in [1.807, 2.05) is 0 Å². The maximum atomic E-state index is 13.5. The molecule has 1 aromatic carbocycles. The molecule has 3 fully saturated rings. The first kappa shape index (κ1) is 22.8. The lowest BCUT2D eigenvalue weighted by Crippen LogP contribution is -2.66. The number of nitrogens with zero attached hydrogens (tertiary/aromatic N) is 1. The molecule has 2 bridgehead atoms. The highest BCUT2D eigenvalue weighted by Gasteiger charge is 2.54. The molecule has 0 radical (unpaired) electrons. The lowest BCUT2D eigenvalue weighted by molar-refractivity contribution is -0.182. The number of hydrogen-bond donors (Lipinski definition) is 2. The average Bonchev–Trinajstić information content (AvgIpc) is 2.80. The average molecular weight is 482 g/mol. The summed E-state index contributed by atoms with van der Waals surface area (Å²) in [4.78, 5) is 29.4. The summed E-state index contributed by atoms with van der Waals surface area (Å²) < 4.78 is 24.8. The second kappa shape index (κ2) is 9.21. The molecule has 0 spiro atoms. The summed E-state index contributed by atoms with van der Waals surface area (Å²) in [7, 11) is 0. The van der Waals surface area contributed by atoms with Gasteiger partial charge in [0.25, 0.3) is 11.8 Å². The van der Waals surface area contributed by atoms with Crippen LogP contribution in [0.4, 0.5) is 4.39 Å². The maximum absolute atomic E-state index is 13.5. The molecule has 32 heavy (non-hydrogen) atoms. The Bertz CT molecular complexity index is 994. The van der Waals surface area contributed by atoms with Crippen LogP contribution in [-0.4, -0.2) is 41.2 Å². The summed E-state index contributed by atoms with van der Waals surface area (Å²) in [6, 6.07) is 7.46. The molecule has 2 aliphatic heterocycles. The van der Waals surface area contributed by atoms with Crippen LogP contribution >= 0.6 is 23.2 Å². The number of pyridine rings is 1. The molecule has 2 saturated heterocycles. The molecule has 170 valence electrons. The molecule has 10 heteroatoms. The normalized spacial score (nSPS) is 24.1. The van der Waals surface area contributed by atoms with Crippen LogP contribution in [0.2, 0.25) is 10.0 Å². The van der Waals surface area contributed by atoms with Gasteiger partial charge in [0.15, 0.2) is 6.61 Å². The molecule has 0 atom stereocenters. The van der Waals surface area contributed by atoms with E-state index in [1.165, 1.54) is 18.3 Å². The van der Waals surface area contributed by atoms with Crippen molar-refractivity contribution in [1.82, 2.24) is 15.6 Å². The summed E-state index contributed by atoms with van der Waals surface area (Å²) in [5, 5.41) is 6.38. The lowest BCUT2D eigenvalue weighted by Gasteiger charge is -2.52. The standard InChI is InChI=1S/C22H22Cl2FN3O4/c23-14-1-2-15(26-10-14)11-27-20(30)22-7-5-21(6-8-22,13-32-22)28-19(29)12-31-16-3-4-17(24)18(25)9-16/h1-4,9-10H,5-8,11-13H2,(H,27,30)(H,28,29). The maximum Gasteiger partial charge on any atom is 0.258 e. The summed E-state index contributed by atoms with van der Waals surface area (Å²) in [5.74, 6) is -0.912. The molecule has 2 N–H and O–H groups in total. The number of amides is 2. The summed E-state index contributed by atoms with van der Waals surface area (Å²) in [5.41, 5.74) is -0.727. The van der Waals surface area contributed by atoms with Crippen LogP contribution in [-0.2, 0) is 20.9 Å². The van der Waals surface area contributed by atoms with Gasteiger partial charge in [-0.25, -0.2) is 4.39 Å². The van der Waals surface area contributed by atoms with Crippen molar-refractivity contribution in [2.75, 3.05) is 13.2 Å². The van der Waals surface area contributed by atoms with E-state index in [0.717, 1.165) is 6.07 Å². The number of nitrogens with one attached hydrogen (secondary N) is 2. The number of aromatic nitrogens is 1. The highest BCUT2D eigenvalue weighted by atomic mass is 35.5. The molecule has 3 heterocycles. The number of benzene rings is 1. The van der Waals surface area contributed by atoms with Crippen LogP contribution in [0, 0.1) is 5.82 Å². The van der Waals surface area contributed by atoms with Gasteiger partial charge in [-0.1, -0.05) is 23.2 Å². The monoisotopic (exact) mass is 481 g/mol. The van der Waals surface area contributed by atoms with Gasteiger partial charge >= 0.3 is 0 Å². The lowest BCUT2D eigenvalue weighted by atomic mass is 9.70. The minimum absolute atomic E-state index is 0.0146. The molecule has 5 rings (SSSR count). The SMILES string of the molecule is O=C(COc1ccc(Cl)c(F)c1)NC12CCC(C(=O)NCc3ccc(Cl)cn3)(CC1)OC2. The van der Waals surface area contributed by atoms with Gasteiger partial charge in [-0.05, 0) is 49.9 Å². The number of carbonyl (C=O) groups excluding carboxylic acids is 2. The van der Waals surface area contributed by atoms with E-state index in [1.54, 1.807) is 12.1 Å². The van der Waals surface area contributed by atoms with Crippen molar-refractivity contribution < 1.29 is 23.5 Å². The zero-order chi connectivity index (χ0) is 22.8. The van der Waals surface area contributed by atoms with Crippen molar-refractivity contribution >= 4 is 35.0 Å². The summed E-state index contributed by atoms with van der Waals surface area (Å²) in [6.07, 6.45) is 3.75. The van der Waals surface area contributed by atoms with Gasteiger partial charge in [-0.2, -0.15) is 0 Å². The van der Waals surface area contributed by atoms with Crippen LogP contribution in [0.15, 0.2) is 36.5 Å². The largest absolute Gasteiger partial charge is 0.484 e. The third kappa shape index (κ3) is 4.98. The van der Waals surface area contributed by atoms with Gasteiger partial charge in [-0.15, -0.1) is 0 Å². The van der Waals surface area contributed by atoms with Gasteiger partial charge in [-0.3, -0.25) is 14.6 Å². The second-order valence-corrected chi connectivity index (χ2v) is 8.97. The van der Waals surface area contributed by atoms with E-state index in [-0.39, 0.29) is 42.3 Å². The molecular formula is C22H22Cl2FN3O4. The van der Waals surface area contributed by atoms with Gasteiger partial charge < -0.3 is 20.1 Å². The number of ether oxygens (including phenoxy) is 2. The van der Waals surface area contributed by atoms with Crippen LogP contribution in [0.5, 0.6) is 5.75 Å². The topological polar surface area (TPSA) is 89.5 Å². The Kier molecular flexibility index (Phi) is 6.55. The van der Waals surface area contributed by atoms with E-state index < -0.39 is 17.0 Å². The molecule has 1 saturated carbocycles. The predicted octanol–water partition coefficient (Wildman–Crippen LogP) is 3.42. The predicted molar refractivity (Wildman–Crippen MR) is 116 cm³/mol. The smallest absolute Gasteiger partial charge is 0.258 e. The number of hydrogen-bond acceptors (Lipinski definition) is 5. The molecule has 1 aromatic heterocycles. The minimum Gasteiger partial charge on any atom is -0.484 e. The van der Waals surface area contributed by atoms with Crippen LogP contribution in [0.1, 0.15) is 31.4 Å². The van der Waals surface area contributed by atoms with Crippen molar-refractivity contribution in [2.24, 2.45) is 0 Å². The van der Waals surface area contributed by atoms with E-state index in [4.69, 9.17) is 32.7 Å². The van der Waals surface area contributed by atoms with Crippen molar-refractivity contribution in [3.63, 3.8) is 0 Å². The Balaban J connectivity index is 1.27. The van der Waals surface area contributed by atoms with Crippen molar-refractivity contribution in [3.8, 4) is 5.75 Å². The zero-order valence-corrected chi connectivity index (χ0v) is 18.6. The number of carbonyl (C=O) groups is 2. The summed E-state index contributed by atoms with van der Waals surface area (Å²) in [6.45, 7) is 0.259. The van der Waals surface area contributed by atoms with E-state index in [0.29, 0.717) is 36.4 Å². The molecular weight excluding hydrogens is 460 g/mol. The molecule has 2 aromatic rings. The van der Waals surface area contributed by atoms with Gasteiger partial charge in [0.05, 0.1) is 34.4 Å². The van der Waals surface area contributed by atoms with E-state index in [2.05, 4.69) is 15.6 Å². The van der Waals surface area contributed by atoms with Gasteiger partial charge in [0, 0.05) is 12.3 Å². The zero-order valence-electron chi connectivity index (χ0n) is 17.1. The van der Waals surface area contributed by atoms with Crippen LogP contribution < -0.4 is 15.4 Å². The first-order chi connectivity index (χ1) is 15.3. The second-order valence-electron chi connectivity index (χ2n) is 8.13. The van der Waals surface area contributed by atoms with Crippen LogP contribution in [0.3, 0.4) is 0 Å². The highest BCUT2D eigenvalue weighted by molar-refractivity contribution is 6.30. The fraction of sp³-hybridized carbons (Fsp3) is 0.409. The van der Waals surface area contributed by atoms with Crippen molar-refractivity contribution in [2.45, 2.75) is 43.4 Å². The molecule has 1 aliphatic carbocycles. The Morgan fingerprint density at radius 2 is 1.94 bits per heavy atom. The van der Waals surface area contributed by atoms with Crippen LogP contribution in [0.25, 0.3) is 0 Å². The Morgan fingerprint density at radius 1 is 1.16 bits per heavy atom. The number of fused-ring (bicyclic) bond motifs is 3. The molecule has 0 unspecified atom stereocenters. The Morgan fingerprint density at radius 3 is 2.56 bits per heavy atom. The molecule has 3 aliphatic rings. The fourth-order valence-electron chi connectivity index (χ4n) is 4.04. The summed E-state index contributed by atoms with van der Waals surface area (Å²) >= 11 is 11.5. The third-order valence-corrected chi connectivity index (χ3v) is 6.47. The quantitative estimate of drug-likeness (QED) is 0.632. The fourth-order valence-corrected chi connectivity index (χ4v) is 4.27. The van der Waals surface area contributed by atoms with E-state index in [9.17, 15) is 14.0 Å². The van der Waals surface area contributed by atoms with E-state index >= 15 is 0 Å². The first-order valence-corrected chi connectivity index (χ1v) is 11.0. The van der Waals surface area contributed by atoms with Crippen molar-refractivity contribution in [1.29, 1.82) is 0 Å².